The van der Waals surface area contributed by atoms with E-state index < -0.39 is 17.9 Å². The molecule has 1 heterocycles. The number of rotatable bonds is 4. The Morgan fingerprint density at radius 2 is 2.14 bits per heavy atom. The van der Waals surface area contributed by atoms with Gasteiger partial charge in [0.05, 0.1) is 12.0 Å². The second-order valence-corrected chi connectivity index (χ2v) is 5.98. The van der Waals surface area contributed by atoms with E-state index in [0.717, 1.165) is 22.2 Å². The fraction of sp³-hybridized carbons (Fsp3) is 0.214. The maximum Gasteiger partial charge on any atom is 0.326 e. The molecule has 0 bridgehead atoms. The zero-order chi connectivity index (χ0) is 15.6. The number of thioether (sulfide) groups is 1. The topological polar surface area (TPSA) is 66.8 Å². The first kappa shape index (κ1) is 15.5. The van der Waals surface area contributed by atoms with Crippen LogP contribution in [0.25, 0.3) is 6.08 Å². The van der Waals surface area contributed by atoms with Crippen molar-refractivity contribution in [3.8, 4) is 5.75 Å². The Kier molecular flexibility index (Phi) is 4.64. The molecular weight excluding hydrogens is 310 g/mol. The van der Waals surface area contributed by atoms with Crippen LogP contribution in [0.4, 0.5) is 0 Å². The number of hydrogen-bond donors (Lipinski definition) is 1. The van der Waals surface area contributed by atoms with Gasteiger partial charge in [-0.25, -0.2) is 4.79 Å². The highest BCUT2D eigenvalue weighted by Crippen LogP contribution is 2.35. The summed E-state index contributed by atoms with van der Waals surface area (Å²) in [4.78, 5) is 24.9. The number of carboxylic acid groups (broad SMARTS) is 1. The Morgan fingerprint density at radius 1 is 1.48 bits per heavy atom. The van der Waals surface area contributed by atoms with Gasteiger partial charge < -0.3 is 9.84 Å². The smallest absolute Gasteiger partial charge is 0.326 e. The summed E-state index contributed by atoms with van der Waals surface area (Å²) in [5.74, 6) is -0.857. The van der Waals surface area contributed by atoms with E-state index in [0.29, 0.717) is 10.7 Å². The van der Waals surface area contributed by atoms with Crippen LogP contribution in [-0.4, -0.2) is 39.4 Å². The summed E-state index contributed by atoms with van der Waals surface area (Å²) in [6, 6.07) is 6.27. The van der Waals surface area contributed by atoms with E-state index in [1.807, 2.05) is 18.2 Å². The number of para-hydroxylation sites is 1. The van der Waals surface area contributed by atoms with Gasteiger partial charge in [0.2, 0.25) is 0 Å². The minimum atomic E-state index is -1.09. The molecule has 7 heteroatoms. The minimum absolute atomic E-state index is 0.246. The van der Waals surface area contributed by atoms with Gasteiger partial charge in [-0.3, -0.25) is 9.69 Å². The molecule has 0 saturated carbocycles. The fourth-order valence-electron chi connectivity index (χ4n) is 1.85. The highest BCUT2D eigenvalue weighted by Gasteiger charge is 2.38. The highest BCUT2D eigenvalue weighted by atomic mass is 32.2. The molecule has 1 amide bonds. The third-order valence-corrected chi connectivity index (χ3v) is 4.32. The SMILES string of the molecule is COc1ccccc1/C=C1\SC(=S)N([C@@H](C)C(=O)O)C1=O. The van der Waals surface area contributed by atoms with Crippen molar-refractivity contribution in [1.29, 1.82) is 0 Å². The second-order valence-electron chi connectivity index (χ2n) is 4.31. The van der Waals surface area contributed by atoms with Crippen molar-refractivity contribution >= 4 is 46.3 Å². The van der Waals surface area contributed by atoms with Gasteiger partial charge in [0, 0.05) is 5.56 Å². The number of carbonyl (C=O) groups excluding carboxylic acids is 1. The average molecular weight is 323 g/mol. The van der Waals surface area contributed by atoms with Crippen LogP contribution in [-0.2, 0) is 9.59 Å². The molecule has 5 nitrogen and oxygen atoms in total. The quantitative estimate of drug-likeness (QED) is 0.678. The third-order valence-electron chi connectivity index (χ3n) is 2.99. The van der Waals surface area contributed by atoms with Crippen LogP contribution in [0, 0.1) is 0 Å². The first-order chi connectivity index (χ1) is 9.95. The molecule has 21 heavy (non-hydrogen) atoms. The molecule has 0 spiro atoms. The van der Waals surface area contributed by atoms with Crippen LogP contribution < -0.4 is 4.74 Å². The van der Waals surface area contributed by atoms with E-state index in [9.17, 15) is 9.59 Å². The third kappa shape index (κ3) is 3.08. The van der Waals surface area contributed by atoms with Crippen molar-refractivity contribution in [1.82, 2.24) is 4.90 Å². The molecule has 1 aromatic rings. The molecule has 1 saturated heterocycles. The first-order valence-electron chi connectivity index (χ1n) is 6.08. The van der Waals surface area contributed by atoms with Crippen LogP contribution >= 0.6 is 24.0 Å². The molecule has 110 valence electrons. The lowest BCUT2D eigenvalue weighted by molar-refractivity contribution is -0.144. The molecule has 1 atom stereocenters. The van der Waals surface area contributed by atoms with E-state index in [-0.39, 0.29) is 4.32 Å². The number of nitrogens with zero attached hydrogens (tertiary/aromatic N) is 1. The summed E-state index contributed by atoms with van der Waals surface area (Å²) >= 11 is 6.19. The van der Waals surface area contributed by atoms with Gasteiger partial charge in [0.15, 0.2) is 0 Å². The number of methoxy groups -OCH3 is 1. The van der Waals surface area contributed by atoms with E-state index in [1.165, 1.54) is 6.92 Å². The van der Waals surface area contributed by atoms with Crippen LogP contribution in [0.15, 0.2) is 29.2 Å². The Morgan fingerprint density at radius 3 is 2.76 bits per heavy atom. The predicted octanol–water partition coefficient (Wildman–Crippen LogP) is 2.37. The Labute approximate surface area is 131 Å². The number of ether oxygens (including phenoxy) is 1. The molecule has 1 aliphatic heterocycles. The van der Waals surface area contributed by atoms with Gasteiger partial charge in [-0.05, 0) is 19.1 Å². The summed E-state index contributed by atoms with van der Waals surface area (Å²) in [5.41, 5.74) is 0.739. The number of carboxylic acids is 1. The number of aliphatic carboxylic acids is 1. The van der Waals surface area contributed by atoms with Crippen LogP contribution in [0.1, 0.15) is 12.5 Å². The number of benzene rings is 1. The molecule has 1 fully saturated rings. The molecule has 0 aromatic heterocycles. The lowest BCUT2D eigenvalue weighted by Gasteiger charge is -2.18. The predicted molar refractivity (Wildman–Crippen MR) is 85.1 cm³/mol. The van der Waals surface area contributed by atoms with Gasteiger partial charge >= 0.3 is 5.97 Å². The second kappa shape index (κ2) is 6.28. The van der Waals surface area contributed by atoms with Crippen molar-refractivity contribution in [2.24, 2.45) is 0 Å². The molecule has 0 aliphatic carbocycles. The summed E-state index contributed by atoms with van der Waals surface area (Å²) in [6.45, 7) is 1.43. The van der Waals surface area contributed by atoms with Gasteiger partial charge in [-0.15, -0.1) is 0 Å². The number of carbonyl (C=O) groups is 2. The van der Waals surface area contributed by atoms with Gasteiger partial charge in [-0.1, -0.05) is 42.2 Å². The van der Waals surface area contributed by atoms with Gasteiger partial charge in [-0.2, -0.15) is 0 Å². The summed E-state index contributed by atoms with van der Waals surface area (Å²) in [6.07, 6.45) is 1.66. The first-order valence-corrected chi connectivity index (χ1v) is 7.31. The zero-order valence-corrected chi connectivity index (χ0v) is 13.0. The lowest BCUT2D eigenvalue weighted by Crippen LogP contribution is -2.41. The molecule has 0 radical (unpaired) electrons. The number of hydrogen-bond acceptors (Lipinski definition) is 5. The van der Waals surface area contributed by atoms with Crippen molar-refractivity contribution in [2.75, 3.05) is 7.11 Å². The maximum absolute atomic E-state index is 12.3. The summed E-state index contributed by atoms with van der Waals surface area (Å²) < 4.78 is 5.47. The lowest BCUT2D eigenvalue weighted by atomic mass is 10.2. The zero-order valence-electron chi connectivity index (χ0n) is 11.4. The van der Waals surface area contributed by atoms with E-state index in [1.54, 1.807) is 19.3 Å². The Bertz CT molecular complexity index is 642. The molecule has 2 rings (SSSR count). The molecule has 1 aliphatic rings. The normalized spacial score (nSPS) is 18.2. The summed E-state index contributed by atoms with van der Waals surface area (Å²) in [5, 5.41) is 9.03. The minimum Gasteiger partial charge on any atom is -0.496 e. The number of amides is 1. The van der Waals surface area contributed by atoms with Crippen molar-refractivity contribution in [3.05, 3.63) is 34.7 Å². The van der Waals surface area contributed by atoms with Gasteiger partial charge in [0.1, 0.15) is 16.1 Å². The van der Waals surface area contributed by atoms with Crippen LogP contribution in [0.5, 0.6) is 5.75 Å². The Hall–Kier alpha value is -1.86. The van der Waals surface area contributed by atoms with E-state index in [4.69, 9.17) is 22.1 Å². The number of thiocarbonyl (C=S) groups is 1. The highest BCUT2D eigenvalue weighted by molar-refractivity contribution is 8.26. The Balaban J connectivity index is 2.34. The summed E-state index contributed by atoms with van der Waals surface area (Å²) in [7, 11) is 1.55. The van der Waals surface area contributed by atoms with E-state index >= 15 is 0 Å². The van der Waals surface area contributed by atoms with Crippen LogP contribution in [0.2, 0.25) is 0 Å². The van der Waals surface area contributed by atoms with Crippen molar-refractivity contribution in [2.45, 2.75) is 13.0 Å². The fourth-order valence-corrected chi connectivity index (χ4v) is 3.26. The molecule has 1 N–H and O–H groups in total. The molecular formula is C14H13NO4S2. The molecule has 1 aromatic carbocycles. The largest absolute Gasteiger partial charge is 0.496 e. The standard InChI is InChI=1S/C14H13NO4S2/c1-8(13(17)18)15-12(16)11(21-14(15)20)7-9-5-3-4-6-10(9)19-2/h3-8H,1-2H3,(H,17,18)/b11-7-/t8-/m0/s1. The van der Waals surface area contributed by atoms with Crippen molar-refractivity contribution in [3.63, 3.8) is 0 Å². The van der Waals surface area contributed by atoms with E-state index in [2.05, 4.69) is 0 Å². The molecule has 0 unspecified atom stereocenters. The average Bonchev–Trinajstić information content (AvgIpc) is 2.73. The van der Waals surface area contributed by atoms with Crippen LogP contribution in [0.3, 0.4) is 0 Å². The van der Waals surface area contributed by atoms with Gasteiger partial charge in [0.25, 0.3) is 5.91 Å². The maximum atomic E-state index is 12.3. The monoisotopic (exact) mass is 323 g/mol. The van der Waals surface area contributed by atoms with Crippen molar-refractivity contribution < 1.29 is 19.4 Å².